The molecule has 1 unspecified atom stereocenters. The number of hydrogen-bond donors (Lipinski definition) is 2. The van der Waals surface area contributed by atoms with Gasteiger partial charge in [0.1, 0.15) is 11.9 Å². The van der Waals surface area contributed by atoms with Gasteiger partial charge in [-0.3, -0.25) is 4.79 Å². The maximum Gasteiger partial charge on any atom is 0.243 e. The lowest BCUT2D eigenvalue weighted by atomic mass is 10.2. The Bertz CT molecular complexity index is 648. The van der Waals surface area contributed by atoms with Crippen molar-refractivity contribution >= 4 is 15.9 Å². The van der Waals surface area contributed by atoms with Crippen LogP contribution in [0, 0.1) is 12.7 Å². The lowest BCUT2D eigenvalue weighted by Gasteiger charge is -2.33. The molecule has 2 N–H and O–H groups in total. The maximum absolute atomic E-state index is 13.6. The van der Waals surface area contributed by atoms with Crippen LogP contribution in [0.3, 0.4) is 0 Å². The monoisotopic (exact) mass is 315 g/mol. The smallest absolute Gasteiger partial charge is 0.243 e. The second-order valence-corrected chi connectivity index (χ2v) is 6.75. The van der Waals surface area contributed by atoms with Crippen LogP contribution < -0.4 is 10.6 Å². The van der Waals surface area contributed by atoms with E-state index >= 15 is 0 Å². The van der Waals surface area contributed by atoms with Crippen molar-refractivity contribution in [3.8, 4) is 0 Å². The van der Waals surface area contributed by atoms with Crippen molar-refractivity contribution in [3.05, 3.63) is 29.6 Å². The first kappa shape index (κ1) is 15.9. The first-order chi connectivity index (χ1) is 9.87. The lowest BCUT2D eigenvalue weighted by Crippen LogP contribution is -2.59. The number of halogens is 1. The highest BCUT2D eigenvalue weighted by Gasteiger charge is 2.37. The Balaban J connectivity index is 2.40. The molecule has 6 nitrogen and oxygen atoms in total. The number of nitrogens with zero attached hydrogens (tertiary/aromatic N) is 1. The van der Waals surface area contributed by atoms with E-state index in [4.69, 9.17) is 0 Å². The van der Waals surface area contributed by atoms with E-state index in [0.29, 0.717) is 12.1 Å². The summed E-state index contributed by atoms with van der Waals surface area (Å²) in [7, 11) is -2.46. The number of carbonyl (C=O) groups is 1. The highest BCUT2D eigenvalue weighted by atomic mass is 32.2. The van der Waals surface area contributed by atoms with Gasteiger partial charge in [0, 0.05) is 26.7 Å². The average Bonchev–Trinajstić information content (AvgIpc) is 2.49. The molecule has 1 aliphatic heterocycles. The molecule has 1 fully saturated rings. The third-order valence-corrected chi connectivity index (χ3v) is 5.40. The topological polar surface area (TPSA) is 78.5 Å². The van der Waals surface area contributed by atoms with Crippen LogP contribution in [-0.4, -0.2) is 51.4 Å². The predicted molar refractivity (Wildman–Crippen MR) is 75.8 cm³/mol. The van der Waals surface area contributed by atoms with Gasteiger partial charge in [0.05, 0.1) is 4.90 Å². The van der Waals surface area contributed by atoms with Gasteiger partial charge in [-0.1, -0.05) is 6.07 Å². The Morgan fingerprint density at radius 1 is 1.48 bits per heavy atom. The minimum absolute atomic E-state index is 0.138. The Morgan fingerprint density at radius 2 is 2.19 bits per heavy atom. The van der Waals surface area contributed by atoms with Gasteiger partial charge in [0.2, 0.25) is 15.9 Å². The third kappa shape index (κ3) is 3.07. The van der Waals surface area contributed by atoms with Crippen molar-refractivity contribution in [1.29, 1.82) is 0 Å². The number of aryl methyl sites for hydroxylation is 1. The number of rotatable bonds is 3. The summed E-state index contributed by atoms with van der Waals surface area (Å²) < 4.78 is 40.0. The molecule has 21 heavy (non-hydrogen) atoms. The molecule has 1 amide bonds. The zero-order valence-electron chi connectivity index (χ0n) is 11.9. The van der Waals surface area contributed by atoms with Gasteiger partial charge in [0.25, 0.3) is 0 Å². The van der Waals surface area contributed by atoms with Crippen LogP contribution in [0.2, 0.25) is 0 Å². The number of amides is 1. The van der Waals surface area contributed by atoms with E-state index in [-0.39, 0.29) is 18.0 Å². The van der Waals surface area contributed by atoms with Crippen LogP contribution in [0.15, 0.2) is 23.1 Å². The fourth-order valence-electron chi connectivity index (χ4n) is 2.23. The zero-order valence-corrected chi connectivity index (χ0v) is 12.7. The number of hydrogen-bond acceptors (Lipinski definition) is 4. The molecule has 8 heteroatoms. The molecular formula is C13H18FN3O3S. The van der Waals surface area contributed by atoms with Crippen LogP contribution >= 0.6 is 0 Å². The number of benzene rings is 1. The van der Waals surface area contributed by atoms with E-state index in [1.54, 1.807) is 6.92 Å². The van der Waals surface area contributed by atoms with Crippen LogP contribution in [0.5, 0.6) is 0 Å². The maximum atomic E-state index is 13.6. The molecule has 0 saturated carbocycles. The van der Waals surface area contributed by atoms with Crippen molar-refractivity contribution in [2.75, 3.05) is 26.7 Å². The SMILES string of the molecule is CNC(=O)C1CNCCN1S(=O)(=O)c1ccc(C)c(F)c1. The Kier molecular flexibility index (Phi) is 4.60. The number of piperazine rings is 1. The molecule has 1 aromatic rings. The van der Waals surface area contributed by atoms with Crippen LogP contribution in [0.25, 0.3) is 0 Å². The summed E-state index contributed by atoms with van der Waals surface area (Å²) in [6, 6.07) is 2.93. The largest absolute Gasteiger partial charge is 0.358 e. The number of likely N-dealkylation sites (N-methyl/N-ethyl adjacent to an activating group) is 1. The second kappa shape index (κ2) is 6.08. The molecule has 0 aliphatic carbocycles. The van der Waals surface area contributed by atoms with Crippen LogP contribution in [0.4, 0.5) is 4.39 Å². The van der Waals surface area contributed by atoms with Gasteiger partial charge in [-0.2, -0.15) is 4.31 Å². The van der Waals surface area contributed by atoms with Gasteiger partial charge >= 0.3 is 0 Å². The first-order valence-corrected chi connectivity index (χ1v) is 8.02. The molecule has 2 rings (SSSR count). The van der Waals surface area contributed by atoms with Crippen LogP contribution in [-0.2, 0) is 14.8 Å². The minimum Gasteiger partial charge on any atom is -0.358 e. The van der Waals surface area contributed by atoms with Crippen molar-refractivity contribution in [2.24, 2.45) is 0 Å². The van der Waals surface area contributed by atoms with E-state index in [2.05, 4.69) is 10.6 Å². The van der Waals surface area contributed by atoms with Crippen molar-refractivity contribution in [3.63, 3.8) is 0 Å². The molecule has 0 radical (unpaired) electrons. The van der Waals surface area contributed by atoms with Crippen molar-refractivity contribution < 1.29 is 17.6 Å². The molecule has 1 atom stereocenters. The third-order valence-electron chi connectivity index (χ3n) is 3.49. The average molecular weight is 315 g/mol. The summed E-state index contributed by atoms with van der Waals surface area (Å²) in [6.07, 6.45) is 0. The molecule has 116 valence electrons. The quantitative estimate of drug-likeness (QED) is 0.813. The second-order valence-electron chi connectivity index (χ2n) is 4.86. The predicted octanol–water partition coefficient (Wildman–Crippen LogP) is -0.157. The number of nitrogens with one attached hydrogen (secondary N) is 2. The molecule has 0 bridgehead atoms. The first-order valence-electron chi connectivity index (χ1n) is 6.58. The Labute approximate surface area is 123 Å². The lowest BCUT2D eigenvalue weighted by molar-refractivity contribution is -0.124. The summed E-state index contributed by atoms with van der Waals surface area (Å²) >= 11 is 0. The van der Waals surface area contributed by atoms with E-state index in [1.165, 1.54) is 19.2 Å². The Morgan fingerprint density at radius 3 is 2.81 bits per heavy atom. The molecule has 0 aromatic heterocycles. The van der Waals surface area contributed by atoms with Gasteiger partial charge in [-0.15, -0.1) is 0 Å². The van der Waals surface area contributed by atoms with Gasteiger partial charge in [-0.25, -0.2) is 12.8 Å². The fraction of sp³-hybridized carbons (Fsp3) is 0.462. The normalized spacial score (nSPS) is 20.2. The van der Waals surface area contributed by atoms with Crippen molar-refractivity contribution in [2.45, 2.75) is 17.9 Å². The summed E-state index contributed by atoms with van der Waals surface area (Å²) in [5.41, 5.74) is 0.372. The zero-order chi connectivity index (χ0) is 15.6. The van der Waals surface area contributed by atoms with E-state index in [1.807, 2.05) is 0 Å². The number of sulfonamides is 1. The summed E-state index contributed by atoms with van der Waals surface area (Å²) in [5, 5.41) is 5.43. The summed E-state index contributed by atoms with van der Waals surface area (Å²) in [6.45, 7) is 2.40. The summed E-state index contributed by atoms with van der Waals surface area (Å²) in [4.78, 5) is 11.7. The molecule has 1 heterocycles. The Hall–Kier alpha value is -1.51. The molecule has 1 saturated heterocycles. The van der Waals surface area contributed by atoms with E-state index in [9.17, 15) is 17.6 Å². The standard InChI is InChI=1S/C13H18FN3O3S/c1-9-3-4-10(7-11(9)14)21(19,20)17-6-5-16-8-12(17)13(18)15-2/h3-4,7,12,16H,5-6,8H2,1-2H3,(H,15,18). The minimum atomic E-state index is -3.91. The van der Waals surface area contributed by atoms with E-state index < -0.39 is 27.8 Å². The molecule has 1 aliphatic rings. The highest BCUT2D eigenvalue weighted by molar-refractivity contribution is 7.89. The molecule has 1 aromatic carbocycles. The molecular weight excluding hydrogens is 297 g/mol. The van der Waals surface area contributed by atoms with Crippen LogP contribution in [0.1, 0.15) is 5.56 Å². The van der Waals surface area contributed by atoms with Gasteiger partial charge in [-0.05, 0) is 24.6 Å². The van der Waals surface area contributed by atoms with E-state index in [0.717, 1.165) is 10.4 Å². The van der Waals surface area contributed by atoms with Gasteiger partial charge in [0.15, 0.2) is 0 Å². The molecule has 0 spiro atoms. The number of carbonyl (C=O) groups excluding carboxylic acids is 1. The van der Waals surface area contributed by atoms with Crippen molar-refractivity contribution in [1.82, 2.24) is 14.9 Å². The van der Waals surface area contributed by atoms with Gasteiger partial charge < -0.3 is 10.6 Å². The fourth-order valence-corrected chi connectivity index (χ4v) is 3.83. The highest BCUT2D eigenvalue weighted by Crippen LogP contribution is 2.21. The summed E-state index contributed by atoms with van der Waals surface area (Å²) in [5.74, 6) is -0.971.